The first-order valence-corrected chi connectivity index (χ1v) is 11.7. The van der Waals surface area contributed by atoms with Crippen molar-refractivity contribution in [3.63, 3.8) is 0 Å². The van der Waals surface area contributed by atoms with Crippen LogP contribution in [0.1, 0.15) is 31.2 Å². The summed E-state index contributed by atoms with van der Waals surface area (Å²) >= 11 is 0. The van der Waals surface area contributed by atoms with Crippen molar-refractivity contribution in [2.24, 2.45) is 29.1 Å². The number of rotatable bonds is 2. The highest BCUT2D eigenvalue weighted by Crippen LogP contribution is 2.64. The Balaban J connectivity index is 1.55. The quantitative estimate of drug-likeness (QED) is 0.395. The standard InChI is InChI=1S/C27H24N2O6/c1-27-19(24(32)28(26(27)34)14-7-3-2-4-8-14)13-18-15(22(27)16-9-5-6-10-20(16)30)11-12-17-21(18)25(33)29(35)23(17)31/h2-11,17-19,21-22,30,35H,12-13H2,1H3/t17-,18+,19-,21-,22+,27+/m0/s1. The van der Waals surface area contributed by atoms with Crippen molar-refractivity contribution in [1.29, 1.82) is 0 Å². The molecule has 0 aromatic heterocycles. The van der Waals surface area contributed by atoms with E-state index in [0.29, 0.717) is 11.3 Å². The molecule has 0 unspecified atom stereocenters. The van der Waals surface area contributed by atoms with Gasteiger partial charge in [0.2, 0.25) is 11.8 Å². The molecule has 1 saturated carbocycles. The molecule has 8 nitrogen and oxygen atoms in total. The molecule has 2 heterocycles. The van der Waals surface area contributed by atoms with E-state index in [9.17, 15) is 29.5 Å². The zero-order valence-electron chi connectivity index (χ0n) is 19.0. The van der Waals surface area contributed by atoms with E-state index in [1.807, 2.05) is 6.08 Å². The molecule has 0 radical (unpaired) electrons. The number of phenols is 1. The number of aromatic hydroxyl groups is 1. The molecule has 2 N–H and O–H groups in total. The monoisotopic (exact) mass is 472 g/mol. The summed E-state index contributed by atoms with van der Waals surface area (Å²) in [4.78, 5) is 54.6. The van der Waals surface area contributed by atoms with E-state index in [2.05, 4.69) is 0 Å². The molecule has 2 aromatic rings. The number of benzene rings is 2. The maximum atomic E-state index is 14.1. The highest BCUT2D eigenvalue weighted by Gasteiger charge is 2.67. The number of fused-ring (bicyclic) bond motifs is 4. The lowest BCUT2D eigenvalue weighted by atomic mass is 9.51. The Morgan fingerprint density at radius 1 is 0.886 bits per heavy atom. The molecule has 0 bridgehead atoms. The van der Waals surface area contributed by atoms with Gasteiger partial charge in [-0.25, -0.2) is 4.90 Å². The summed E-state index contributed by atoms with van der Waals surface area (Å²) in [6.45, 7) is 1.76. The molecule has 6 rings (SSSR count). The Hall–Kier alpha value is -3.78. The summed E-state index contributed by atoms with van der Waals surface area (Å²) < 4.78 is 0. The second-order valence-electron chi connectivity index (χ2n) is 10.0. The largest absolute Gasteiger partial charge is 0.508 e. The Morgan fingerprint density at radius 2 is 1.57 bits per heavy atom. The first-order valence-electron chi connectivity index (χ1n) is 11.7. The molecular formula is C27H24N2O6. The number of hydrogen-bond acceptors (Lipinski definition) is 6. The van der Waals surface area contributed by atoms with Crippen LogP contribution in [0.3, 0.4) is 0 Å². The fourth-order valence-electron chi connectivity index (χ4n) is 6.90. The second kappa shape index (κ2) is 7.36. The average molecular weight is 472 g/mol. The third-order valence-corrected chi connectivity index (χ3v) is 8.51. The maximum Gasteiger partial charge on any atom is 0.257 e. The van der Waals surface area contributed by atoms with E-state index in [0.717, 1.165) is 5.57 Å². The summed E-state index contributed by atoms with van der Waals surface area (Å²) in [6.07, 6.45) is 2.32. The van der Waals surface area contributed by atoms with Gasteiger partial charge >= 0.3 is 0 Å². The second-order valence-corrected chi connectivity index (χ2v) is 10.0. The van der Waals surface area contributed by atoms with Crippen LogP contribution in [0.2, 0.25) is 0 Å². The summed E-state index contributed by atoms with van der Waals surface area (Å²) in [5.74, 6) is -5.49. The molecule has 4 aliphatic rings. The molecule has 178 valence electrons. The van der Waals surface area contributed by atoms with Gasteiger partial charge in [-0.2, -0.15) is 5.06 Å². The van der Waals surface area contributed by atoms with Crippen LogP contribution in [-0.4, -0.2) is 39.0 Å². The first kappa shape index (κ1) is 21.7. The molecule has 2 aliphatic carbocycles. The van der Waals surface area contributed by atoms with Crippen LogP contribution in [0.25, 0.3) is 0 Å². The number of amides is 4. The van der Waals surface area contributed by atoms with Gasteiger partial charge in [0, 0.05) is 11.5 Å². The number of imide groups is 2. The van der Waals surface area contributed by atoms with Gasteiger partial charge in [-0.1, -0.05) is 48.0 Å². The lowest BCUT2D eigenvalue weighted by Crippen LogP contribution is -2.48. The molecule has 8 heteroatoms. The van der Waals surface area contributed by atoms with Gasteiger partial charge in [-0.15, -0.1) is 0 Å². The van der Waals surface area contributed by atoms with Gasteiger partial charge in [0.05, 0.1) is 28.9 Å². The van der Waals surface area contributed by atoms with Crippen LogP contribution < -0.4 is 4.90 Å². The summed E-state index contributed by atoms with van der Waals surface area (Å²) in [5, 5.41) is 21.1. The first-order chi connectivity index (χ1) is 16.8. The molecule has 2 aromatic carbocycles. The number of carbonyl (C=O) groups excluding carboxylic acids is 4. The topological polar surface area (TPSA) is 115 Å². The lowest BCUT2D eigenvalue weighted by Gasteiger charge is -2.49. The molecule has 0 spiro atoms. The molecule has 35 heavy (non-hydrogen) atoms. The van der Waals surface area contributed by atoms with E-state index in [1.165, 1.54) is 4.90 Å². The Bertz CT molecular complexity index is 1320. The van der Waals surface area contributed by atoms with Gasteiger partial charge in [0.1, 0.15) is 5.75 Å². The third-order valence-electron chi connectivity index (χ3n) is 8.51. The van der Waals surface area contributed by atoms with Crippen molar-refractivity contribution in [1.82, 2.24) is 5.06 Å². The zero-order valence-corrected chi connectivity index (χ0v) is 19.0. The third kappa shape index (κ3) is 2.71. The Labute approximate surface area is 201 Å². The van der Waals surface area contributed by atoms with Crippen LogP contribution in [0.15, 0.2) is 66.2 Å². The summed E-state index contributed by atoms with van der Waals surface area (Å²) in [6, 6.07) is 15.5. The van der Waals surface area contributed by atoms with Gasteiger partial charge < -0.3 is 5.11 Å². The van der Waals surface area contributed by atoms with Crippen molar-refractivity contribution in [3.8, 4) is 5.75 Å². The number of allylic oxidation sites excluding steroid dienone is 2. The zero-order chi connectivity index (χ0) is 24.6. The highest BCUT2D eigenvalue weighted by molar-refractivity contribution is 6.24. The number of carbonyl (C=O) groups is 4. The predicted octanol–water partition coefficient (Wildman–Crippen LogP) is 3.01. The number of para-hydroxylation sites is 2. The average Bonchev–Trinajstić information content (AvgIpc) is 3.20. The van der Waals surface area contributed by atoms with Crippen LogP contribution in [-0.2, 0) is 19.2 Å². The van der Waals surface area contributed by atoms with Gasteiger partial charge in [-0.3, -0.25) is 24.4 Å². The highest BCUT2D eigenvalue weighted by atomic mass is 16.5. The SMILES string of the molecule is C[C@@]12C(=O)N(c3ccccc3)C(=O)[C@@H]1C[C@@H]1C(=CC[C@@H]3C(=O)N(O)C(=O)[C@@H]31)[C@@H]2c1ccccc1O. The van der Waals surface area contributed by atoms with Crippen molar-refractivity contribution in [2.45, 2.75) is 25.7 Å². The Morgan fingerprint density at radius 3 is 2.29 bits per heavy atom. The molecule has 2 saturated heterocycles. The number of anilines is 1. The number of nitrogens with zero attached hydrogens (tertiary/aromatic N) is 2. The van der Waals surface area contributed by atoms with Crippen molar-refractivity contribution in [3.05, 3.63) is 71.8 Å². The lowest BCUT2D eigenvalue weighted by molar-refractivity contribution is -0.173. The minimum absolute atomic E-state index is 0.00262. The van der Waals surface area contributed by atoms with Crippen molar-refractivity contribution >= 4 is 29.3 Å². The smallest absolute Gasteiger partial charge is 0.257 e. The van der Waals surface area contributed by atoms with E-state index in [4.69, 9.17) is 0 Å². The number of phenolic OH excluding ortho intramolecular Hbond substituents is 1. The van der Waals surface area contributed by atoms with Crippen LogP contribution in [0, 0.1) is 29.1 Å². The number of hydrogen-bond donors (Lipinski definition) is 2. The van der Waals surface area contributed by atoms with Crippen molar-refractivity contribution in [2.75, 3.05) is 4.90 Å². The van der Waals surface area contributed by atoms with Crippen molar-refractivity contribution < 1.29 is 29.5 Å². The normalized spacial score (nSPS) is 34.0. The van der Waals surface area contributed by atoms with E-state index < -0.39 is 46.8 Å². The summed E-state index contributed by atoms with van der Waals surface area (Å²) in [5.41, 5.74) is 0.533. The maximum absolute atomic E-state index is 14.1. The minimum Gasteiger partial charge on any atom is -0.508 e. The molecule has 6 atom stereocenters. The minimum atomic E-state index is -1.20. The summed E-state index contributed by atoms with van der Waals surface area (Å²) in [7, 11) is 0. The van der Waals surface area contributed by atoms with Crippen LogP contribution in [0.4, 0.5) is 5.69 Å². The van der Waals surface area contributed by atoms with Gasteiger partial charge in [0.25, 0.3) is 11.8 Å². The fraction of sp³-hybridized carbons (Fsp3) is 0.333. The number of hydroxylamine groups is 2. The van der Waals surface area contributed by atoms with E-state index in [-0.39, 0.29) is 35.5 Å². The van der Waals surface area contributed by atoms with E-state index >= 15 is 0 Å². The fourth-order valence-corrected chi connectivity index (χ4v) is 6.90. The van der Waals surface area contributed by atoms with Crippen LogP contribution in [0.5, 0.6) is 5.75 Å². The van der Waals surface area contributed by atoms with Gasteiger partial charge in [0.15, 0.2) is 0 Å². The predicted molar refractivity (Wildman–Crippen MR) is 123 cm³/mol. The molecular weight excluding hydrogens is 448 g/mol. The van der Waals surface area contributed by atoms with Gasteiger partial charge in [-0.05, 0) is 43.9 Å². The molecule has 2 aliphatic heterocycles. The van der Waals surface area contributed by atoms with E-state index in [1.54, 1.807) is 61.5 Å². The molecule has 3 fully saturated rings. The van der Waals surface area contributed by atoms with Crippen LogP contribution >= 0.6 is 0 Å². The molecule has 4 amide bonds. The Kier molecular flexibility index (Phi) is 4.57.